The molecule has 0 aliphatic rings. The number of aryl methyl sites for hydroxylation is 1. The average molecular weight is 279 g/mol. The zero-order chi connectivity index (χ0) is 15.0. The summed E-state index contributed by atoms with van der Waals surface area (Å²) in [5, 5.41) is 20.5. The molecule has 0 aliphatic carbocycles. The zero-order valence-electron chi connectivity index (χ0n) is 11.6. The van der Waals surface area contributed by atoms with Gasteiger partial charge in [0.2, 0.25) is 5.91 Å². The molecular weight excluding hydrogens is 258 g/mol. The molecule has 0 aliphatic heterocycles. The van der Waals surface area contributed by atoms with Crippen LogP contribution < -0.4 is 5.32 Å². The van der Waals surface area contributed by atoms with E-state index in [4.69, 9.17) is 5.11 Å². The van der Waals surface area contributed by atoms with Crippen LogP contribution in [0.3, 0.4) is 0 Å². The lowest BCUT2D eigenvalue weighted by Crippen LogP contribution is -2.32. The normalized spacial score (nSPS) is 11.8. The van der Waals surface area contributed by atoms with Gasteiger partial charge in [-0.1, -0.05) is 12.1 Å². The highest BCUT2D eigenvalue weighted by atomic mass is 16.4. The number of amides is 1. The molecule has 1 rings (SSSR count). The summed E-state index contributed by atoms with van der Waals surface area (Å²) in [5.41, 5.74) is 1.11. The fourth-order valence-electron chi connectivity index (χ4n) is 1.87. The number of phenols is 1. The summed E-state index contributed by atoms with van der Waals surface area (Å²) in [5.74, 6) is -0.740. The minimum atomic E-state index is -0.877. The first-order valence-corrected chi connectivity index (χ1v) is 6.76. The van der Waals surface area contributed by atoms with Crippen LogP contribution in [0.25, 0.3) is 0 Å². The number of hydrogen-bond donors (Lipinski definition) is 3. The fourth-order valence-corrected chi connectivity index (χ4v) is 1.87. The molecular formula is C15H21NO4. The van der Waals surface area contributed by atoms with Crippen LogP contribution in [0, 0.1) is 0 Å². The van der Waals surface area contributed by atoms with E-state index in [2.05, 4.69) is 5.32 Å². The molecule has 0 saturated carbocycles. The Morgan fingerprint density at radius 2 is 1.85 bits per heavy atom. The van der Waals surface area contributed by atoms with E-state index in [0.717, 1.165) is 18.4 Å². The number of hydrogen-bond acceptors (Lipinski definition) is 3. The number of phenolic OH excluding ortho intramolecular Hbond substituents is 1. The molecule has 0 spiro atoms. The van der Waals surface area contributed by atoms with E-state index < -0.39 is 5.97 Å². The highest BCUT2D eigenvalue weighted by molar-refractivity contribution is 5.77. The van der Waals surface area contributed by atoms with Gasteiger partial charge >= 0.3 is 5.97 Å². The van der Waals surface area contributed by atoms with Gasteiger partial charge in [-0.3, -0.25) is 9.59 Å². The Labute approximate surface area is 118 Å². The van der Waals surface area contributed by atoms with Gasteiger partial charge in [0.05, 0.1) is 0 Å². The van der Waals surface area contributed by atoms with E-state index in [9.17, 15) is 14.7 Å². The second-order valence-electron chi connectivity index (χ2n) is 4.92. The first kappa shape index (κ1) is 16.0. The molecule has 0 aromatic heterocycles. The molecule has 1 atom stereocenters. The summed E-state index contributed by atoms with van der Waals surface area (Å²) in [6, 6.07) is 7.05. The highest BCUT2D eigenvalue weighted by Gasteiger charge is 2.08. The lowest BCUT2D eigenvalue weighted by Gasteiger charge is -2.13. The lowest BCUT2D eigenvalue weighted by molar-refractivity contribution is -0.137. The van der Waals surface area contributed by atoms with Gasteiger partial charge in [-0.2, -0.15) is 0 Å². The van der Waals surface area contributed by atoms with Crippen molar-refractivity contribution in [2.24, 2.45) is 0 Å². The van der Waals surface area contributed by atoms with Crippen molar-refractivity contribution in [1.29, 1.82) is 0 Å². The van der Waals surface area contributed by atoms with Crippen molar-refractivity contribution >= 4 is 11.9 Å². The summed E-state index contributed by atoms with van der Waals surface area (Å²) in [6.45, 7) is 1.93. The van der Waals surface area contributed by atoms with Crippen LogP contribution >= 0.6 is 0 Å². The van der Waals surface area contributed by atoms with Crippen LogP contribution in [-0.4, -0.2) is 28.1 Å². The van der Waals surface area contributed by atoms with E-state index in [1.165, 1.54) is 0 Å². The Morgan fingerprint density at radius 3 is 2.45 bits per heavy atom. The van der Waals surface area contributed by atoms with Crippen LogP contribution in [0.4, 0.5) is 0 Å². The number of benzene rings is 1. The van der Waals surface area contributed by atoms with Crippen molar-refractivity contribution in [2.75, 3.05) is 0 Å². The standard InChI is InChI=1S/C15H21NO4/c1-11(16-14(18)3-2-4-15(19)20)5-6-12-7-9-13(17)10-8-12/h7-11,17H,2-6H2,1H3,(H,16,18)(H,19,20). The number of aromatic hydroxyl groups is 1. The van der Waals surface area contributed by atoms with Crippen molar-refractivity contribution in [3.8, 4) is 5.75 Å². The largest absolute Gasteiger partial charge is 0.508 e. The summed E-state index contributed by atoms with van der Waals surface area (Å²) in [4.78, 5) is 21.9. The van der Waals surface area contributed by atoms with E-state index in [0.29, 0.717) is 6.42 Å². The van der Waals surface area contributed by atoms with Crippen LogP contribution in [0.5, 0.6) is 5.75 Å². The lowest BCUT2D eigenvalue weighted by atomic mass is 10.1. The minimum absolute atomic E-state index is 0.0231. The predicted octanol–water partition coefficient (Wildman–Crippen LogP) is 2.08. The molecule has 1 aromatic rings. The van der Waals surface area contributed by atoms with Gasteiger partial charge in [-0.05, 0) is 43.9 Å². The monoisotopic (exact) mass is 279 g/mol. The van der Waals surface area contributed by atoms with Crippen molar-refractivity contribution in [3.05, 3.63) is 29.8 Å². The SMILES string of the molecule is CC(CCc1ccc(O)cc1)NC(=O)CCCC(=O)O. The molecule has 0 bridgehead atoms. The molecule has 5 heteroatoms. The topological polar surface area (TPSA) is 86.6 Å². The number of carbonyl (C=O) groups is 2. The number of aliphatic carboxylic acids is 1. The molecule has 20 heavy (non-hydrogen) atoms. The Hall–Kier alpha value is -2.04. The summed E-state index contributed by atoms with van der Waals surface area (Å²) >= 11 is 0. The maximum Gasteiger partial charge on any atom is 0.303 e. The van der Waals surface area contributed by atoms with Gasteiger partial charge in [0.15, 0.2) is 0 Å². The molecule has 0 radical (unpaired) electrons. The quantitative estimate of drug-likeness (QED) is 0.680. The van der Waals surface area contributed by atoms with Gasteiger partial charge in [0, 0.05) is 18.9 Å². The molecule has 110 valence electrons. The van der Waals surface area contributed by atoms with E-state index in [1.54, 1.807) is 12.1 Å². The second-order valence-corrected chi connectivity index (χ2v) is 4.92. The maximum atomic E-state index is 11.6. The van der Waals surface area contributed by atoms with Crippen LogP contribution in [0.1, 0.15) is 38.2 Å². The third-order valence-corrected chi connectivity index (χ3v) is 3.00. The summed E-state index contributed by atoms with van der Waals surface area (Å²) in [6.07, 6.45) is 2.25. The van der Waals surface area contributed by atoms with Crippen molar-refractivity contribution in [1.82, 2.24) is 5.32 Å². The molecule has 1 unspecified atom stereocenters. The van der Waals surface area contributed by atoms with Crippen LogP contribution in [0.15, 0.2) is 24.3 Å². The summed E-state index contributed by atoms with van der Waals surface area (Å²) < 4.78 is 0. The molecule has 5 nitrogen and oxygen atoms in total. The van der Waals surface area contributed by atoms with E-state index in [-0.39, 0.29) is 30.5 Å². The fraction of sp³-hybridized carbons (Fsp3) is 0.467. The Bertz CT molecular complexity index is 442. The number of rotatable bonds is 8. The van der Waals surface area contributed by atoms with Gasteiger partial charge < -0.3 is 15.5 Å². The highest BCUT2D eigenvalue weighted by Crippen LogP contribution is 2.12. The first-order valence-electron chi connectivity index (χ1n) is 6.76. The average Bonchev–Trinajstić information content (AvgIpc) is 2.37. The third kappa shape index (κ3) is 6.78. The van der Waals surface area contributed by atoms with Gasteiger partial charge in [0.25, 0.3) is 0 Å². The maximum absolute atomic E-state index is 11.6. The molecule has 0 fully saturated rings. The van der Waals surface area contributed by atoms with Gasteiger partial charge in [-0.25, -0.2) is 0 Å². The van der Waals surface area contributed by atoms with Crippen LogP contribution in [0.2, 0.25) is 0 Å². The van der Waals surface area contributed by atoms with Gasteiger partial charge in [0.1, 0.15) is 5.75 Å². The minimum Gasteiger partial charge on any atom is -0.508 e. The van der Waals surface area contributed by atoms with Gasteiger partial charge in [-0.15, -0.1) is 0 Å². The van der Waals surface area contributed by atoms with E-state index >= 15 is 0 Å². The number of carbonyl (C=O) groups excluding carboxylic acids is 1. The Balaban J connectivity index is 2.22. The number of nitrogens with one attached hydrogen (secondary N) is 1. The zero-order valence-corrected chi connectivity index (χ0v) is 11.6. The first-order chi connectivity index (χ1) is 9.47. The van der Waals surface area contributed by atoms with E-state index in [1.807, 2.05) is 19.1 Å². The Morgan fingerprint density at radius 1 is 1.20 bits per heavy atom. The number of carboxylic acid groups (broad SMARTS) is 1. The predicted molar refractivity (Wildman–Crippen MR) is 75.5 cm³/mol. The summed E-state index contributed by atoms with van der Waals surface area (Å²) in [7, 11) is 0. The smallest absolute Gasteiger partial charge is 0.303 e. The van der Waals surface area contributed by atoms with Crippen molar-refractivity contribution in [2.45, 2.75) is 45.1 Å². The molecule has 0 saturated heterocycles. The molecule has 1 aromatic carbocycles. The molecule has 3 N–H and O–H groups in total. The Kier molecular flexibility index (Phi) is 6.56. The second kappa shape index (κ2) is 8.19. The molecule has 1 amide bonds. The van der Waals surface area contributed by atoms with Crippen molar-refractivity contribution in [3.63, 3.8) is 0 Å². The number of carboxylic acids is 1. The third-order valence-electron chi connectivity index (χ3n) is 3.00. The van der Waals surface area contributed by atoms with Crippen molar-refractivity contribution < 1.29 is 19.8 Å². The molecule has 0 heterocycles. The van der Waals surface area contributed by atoms with Crippen LogP contribution in [-0.2, 0) is 16.0 Å².